The number of amides is 1. The molecule has 0 spiro atoms. The number of hydrogen-bond acceptors (Lipinski definition) is 4. The highest BCUT2D eigenvalue weighted by atomic mass is 16.5. The lowest BCUT2D eigenvalue weighted by Gasteiger charge is -2.07. The van der Waals surface area contributed by atoms with Crippen molar-refractivity contribution in [1.29, 1.82) is 0 Å². The molecule has 0 aliphatic rings. The predicted molar refractivity (Wildman–Crippen MR) is 77.1 cm³/mol. The molecule has 0 aliphatic heterocycles. The zero-order valence-electron chi connectivity index (χ0n) is 11.8. The molecule has 2 aromatic rings. The summed E-state index contributed by atoms with van der Waals surface area (Å²) >= 11 is 0. The molecule has 2 rings (SSSR count). The second-order valence-corrected chi connectivity index (χ2v) is 4.44. The van der Waals surface area contributed by atoms with Gasteiger partial charge in [-0.1, -0.05) is 6.07 Å². The average molecular weight is 271 g/mol. The Morgan fingerprint density at radius 2 is 1.95 bits per heavy atom. The van der Waals surface area contributed by atoms with Crippen LogP contribution in [0.5, 0.6) is 5.88 Å². The maximum atomic E-state index is 12.0. The van der Waals surface area contributed by atoms with Crippen LogP contribution >= 0.6 is 0 Å². The van der Waals surface area contributed by atoms with Crippen LogP contribution in [0.15, 0.2) is 30.3 Å². The Morgan fingerprint density at radius 1 is 1.15 bits per heavy atom. The van der Waals surface area contributed by atoms with Crippen LogP contribution in [0.4, 0.5) is 5.69 Å². The summed E-state index contributed by atoms with van der Waals surface area (Å²) < 4.78 is 5.18. The molecule has 1 aromatic heterocycles. The number of anilines is 1. The molecule has 104 valence electrons. The van der Waals surface area contributed by atoms with Gasteiger partial charge in [0.15, 0.2) is 5.69 Å². The molecule has 5 heteroatoms. The van der Waals surface area contributed by atoms with Gasteiger partial charge in [0.2, 0.25) is 5.88 Å². The Hall–Kier alpha value is -2.43. The molecule has 0 unspecified atom stereocenters. The summed E-state index contributed by atoms with van der Waals surface area (Å²) in [6.45, 7) is 6.41. The lowest BCUT2D eigenvalue weighted by Crippen LogP contribution is -2.14. The molecule has 1 N–H and O–H groups in total. The Bertz CT molecular complexity index is 609. The van der Waals surface area contributed by atoms with Gasteiger partial charge >= 0.3 is 0 Å². The molecular formula is C15H17N3O2. The first-order valence-corrected chi connectivity index (χ1v) is 6.45. The van der Waals surface area contributed by atoms with Crippen molar-refractivity contribution in [3.8, 4) is 5.88 Å². The molecular weight excluding hydrogens is 254 g/mol. The van der Waals surface area contributed by atoms with E-state index in [9.17, 15) is 4.79 Å². The van der Waals surface area contributed by atoms with E-state index in [0.29, 0.717) is 12.5 Å². The quantitative estimate of drug-likeness (QED) is 0.928. The highest BCUT2D eigenvalue weighted by Crippen LogP contribution is 2.15. The minimum absolute atomic E-state index is 0.256. The van der Waals surface area contributed by atoms with Crippen molar-refractivity contribution in [2.24, 2.45) is 0 Å². The van der Waals surface area contributed by atoms with Crippen molar-refractivity contribution in [2.75, 3.05) is 11.9 Å². The largest absolute Gasteiger partial charge is 0.477 e. The lowest BCUT2D eigenvalue weighted by atomic mass is 10.1. The van der Waals surface area contributed by atoms with E-state index in [2.05, 4.69) is 15.5 Å². The van der Waals surface area contributed by atoms with Gasteiger partial charge < -0.3 is 10.1 Å². The molecule has 0 atom stereocenters. The zero-order chi connectivity index (χ0) is 14.5. The third-order valence-corrected chi connectivity index (χ3v) is 2.93. The minimum Gasteiger partial charge on any atom is -0.477 e. The van der Waals surface area contributed by atoms with Crippen molar-refractivity contribution in [1.82, 2.24) is 10.2 Å². The van der Waals surface area contributed by atoms with Crippen LogP contribution in [0, 0.1) is 13.8 Å². The van der Waals surface area contributed by atoms with Crippen molar-refractivity contribution in [2.45, 2.75) is 20.8 Å². The van der Waals surface area contributed by atoms with E-state index < -0.39 is 0 Å². The molecule has 0 saturated heterocycles. The first kappa shape index (κ1) is 14.0. The number of carbonyl (C=O) groups is 1. The number of nitrogens with zero attached hydrogens (tertiary/aromatic N) is 2. The number of carbonyl (C=O) groups excluding carboxylic acids is 1. The summed E-state index contributed by atoms with van der Waals surface area (Å²) in [4.78, 5) is 12.0. The van der Waals surface area contributed by atoms with Gasteiger partial charge in [0.1, 0.15) is 0 Å². The summed E-state index contributed by atoms with van der Waals surface area (Å²) in [6.07, 6.45) is 0. The number of rotatable bonds is 4. The summed E-state index contributed by atoms with van der Waals surface area (Å²) in [5, 5.41) is 10.5. The third kappa shape index (κ3) is 3.32. The fourth-order valence-electron chi connectivity index (χ4n) is 1.68. The first-order valence-electron chi connectivity index (χ1n) is 6.45. The summed E-state index contributed by atoms with van der Waals surface area (Å²) in [6, 6.07) is 8.98. The van der Waals surface area contributed by atoms with Gasteiger partial charge in [0, 0.05) is 11.8 Å². The molecule has 0 saturated carbocycles. The van der Waals surface area contributed by atoms with Crippen LogP contribution in [-0.4, -0.2) is 22.7 Å². The second kappa shape index (κ2) is 6.14. The van der Waals surface area contributed by atoms with Crippen molar-refractivity contribution < 1.29 is 9.53 Å². The zero-order valence-corrected chi connectivity index (χ0v) is 11.8. The molecule has 1 aromatic carbocycles. The van der Waals surface area contributed by atoms with Crippen molar-refractivity contribution >= 4 is 11.6 Å². The average Bonchev–Trinajstić information content (AvgIpc) is 2.44. The Balaban J connectivity index is 2.09. The van der Waals surface area contributed by atoms with Gasteiger partial charge in [-0.2, -0.15) is 0 Å². The number of nitrogens with one attached hydrogen (secondary N) is 1. The summed E-state index contributed by atoms with van der Waals surface area (Å²) in [7, 11) is 0. The van der Waals surface area contributed by atoms with Gasteiger partial charge in [-0.3, -0.25) is 4.79 Å². The van der Waals surface area contributed by atoms with Gasteiger partial charge in [-0.05, 0) is 50.1 Å². The van der Waals surface area contributed by atoms with Crippen LogP contribution in [0.25, 0.3) is 0 Å². The fraction of sp³-hybridized carbons (Fsp3) is 0.267. The summed E-state index contributed by atoms with van der Waals surface area (Å²) in [5.41, 5.74) is 3.31. The SMILES string of the molecule is CCOc1ccc(C(=O)Nc2ccc(C)c(C)c2)nn1. The number of ether oxygens (including phenoxy) is 1. The normalized spacial score (nSPS) is 10.2. The van der Waals surface area contributed by atoms with Crippen molar-refractivity contribution in [3.05, 3.63) is 47.2 Å². The van der Waals surface area contributed by atoms with E-state index in [1.165, 1.54) is 5.56 Å². The van der Waals surface area contributed by atoms with Crippen LogP contribution < -0.4 is 10.1 Å². The Morgan fingerprint density at radius 3 is 2.55 bits per heavy atom. The highest BCUT2D eigenvalue weighted by Gasteiger charge is 2.09. The Kier molecular flexibility index (Phi) is 4.30. The van der Waals surface area contributed by atoms with E-state index in [1.54, 1.807) is 12.1 Å². The minimum atomic E-state index is -0.288. The van der Waals surface area contributed by atoms with Gasteiger partial charge in [-0.25, -0.2) is 0 Å². The van der Waals surface area contributed by atoms with E-state index in [1.807, 2.05) is 39.0 Å². The molecule has 5 nitrogen and oxygen atoms in total. The van der Waals surface area contributed by atoms with E-state index in [0.717, 1.165) is 11.3 Å². The number of benzene rings is 1. The van der Waals surface area contributed by atoms with Crippen LogP contribution in [-0.2, 0) is 0 Å². The summed E-state index contributed by atoms with van der Waals surface area (Å²) in [5.74, 6) is 0.124. The van der Waals surface area contributed by atoms with Crippen LogP contribution in [0.1, 0.15) is 28.5 Å². The number of hydrogen-bond donors (Lipinski definition) is 1. The molecule has 0 radical (unpaired) electrons. The maximum Gasteiger partial charge on any atom is 0.276 e. The first-order chi connectivity index (χ1) is 9.60. The van der Waals surface area contributed by atoms with E-state index in [-0.39, 0.29) is 11.6 Å². The molecule has 1 amide bonds. The highest BCUT2D eigenvalue weighted by molar-refractivity contribution is 6.02. The molecule has 0 fully saturated rings. The van der Waals surface area contributed by atoms with E-state index >= 15 is 0 Å². The van der Waals surface area contributed by atoms with Gasteiger partial charge in [0.05, 0.1) is 6.61 Å². The smallest absolute Gasteiger partial charge is 0.276 e. The fourth-order valence-corrected chi connectivity index (χ4v) is 1.68. The Labute approximate surface area is 118 Å². The molecule has 0 bridgehead atoms. The lowest BCUT2D eigenvalue weighted by molar-refractivity contribution is 0.102. The number of aromatic nitrogens is 2. The molecule has 1 heterocycles. The standard InChI is InChI=1S/C15H17N3O2/c1-4-20-14-8-7-13(17-18-14)15(19)16-12-6-5-10(2)11(3)9-12/h5-9H,4H2,1-3H3,(H,16,19). The third-order valence-electron chi connectivity index (χ3n) is 2.93. The number of aryl methyl sites for hydroxylation is 2. The predicted octanol–water partition coefficient (Wildman–Crippen LogP) is 2.74. The maximum absolute atomic E-state index is 12.0. The topological polar surface area (TPSA) is 64.1 Å². The van der Waals surface area contributed by atoms with E-state index in [4.69, 9.17) is 4.74 Å². The van der Waals surface area contributed by atoms with Crippen LogP contribution in [0.3, 0.4) is 0 Å². The monoisotopic (exact) mass is 271 g/mol. The van der Waals surface area contributed by atoms with Gasteiger partial charge in [-0.15, -0.1) is 10.2 Å². The molecule has 20 heavy (non-hydrogen) atoms. The van der Waals surface area contributed by atoms with Crippen molar-refractivity contribution in [3.63, 3.8) is 0 Å². The van der Waals surface area contributed by atoms with Crippen LogP contribution in [0.2, 0.25) is 0 Å². The second-order valence-electron chi connectivity index (χ2n) is 4.44. The molecule has 0 aliphatic carbocycles. The van der Waals surface area contributed by atoms with Gasteiger partial charge in [0.25, 0.3) is 5.91 Å².